The highest BCUT2D eigenvalue weighted by atomic mass is 16.5. The first-order valence-corrected chi connectivity index (χ1v) is 8.84. The maximum atomic E-state index is 12.9. The number of nitrogens with zero attached hydrogens (tertiary/aromatic N) is 8. The van der Waals surface area contributed by atoms with Gasteiger partial charge in [-0.05, 0) is 50.3 Å². The third-order valence-corrected chi connectivity index (χ3v) is 4.68. The van der Waals surface area contributed by atoms with E-state index in [1.165, 1.54) is 15.7 Å². The summed E-state index contributed by atoms with van der Waals surface area (Å²) in [5.74, 6) is 0.219. The average Bonchev–Trinajstić information content (AvgIpc) is 3.13. The zero-order valence-corrected chi connectivity index (χ0v) is 16.0. The topological polar surface area (TPSA) is 121 Å². The molecule has 1 aliphatic rings. The molecule has 3 heterocycles. The van der Waals surface area contributed by atoms with Gasteiger partial charge in [0.25, 0.3) is 11.5 Å². The van der Waals surface area contributed by atoms with Crippen LogP contribution in [-0.2, 0) is 6.54 Å². The molecule has 0 aliphatic carbocycles. The van der Waals surface area contributed by atoms with E-state index in [-0.39, 0.29) is 29.8 Å². The minimum Gasteiger partial charge on any atom is -0.472 e. The number of benzene rings is 1. The highest BCUT2D eigenvalue weighted by Crippen LogP contribution is 2.31. The Morgan fingerprint density at radius 2 is 2.00 bits per heavy atom. The minimum atomic E-state index is -0.384. The summed E-state index contributed by atoms with van der Waals surface area (Å²) in [5.41, 5.74) is 0.0247. The van der Waals surface area contributed by atoms with Crippen molar-refractivity contribution >= 4 is 16.8 Å². The molecule has 0 N–H and O–H groups in total. The van der Waals surface area contributed by atoms with E-state index in [0.717, 1.165) is 0 Å². The average molecular weight is 384 g/mol. The number of hydrogen-bond donors (Lipinski definition) is 0. The number of carbonyl (C=O) groups is 1. The molecule has 146 valence electrons. The summed E-state index contributed by atoms with van der Waals surface area (Å²) in [6, 6.07) is 2.82. The number of carbonyl (C=O) groups excluding carboxylic acids is 1. The fourth-order valence-corrected chi connectivity index (χ4v) is 3.11. The lowest BCUT2D eigenvalue weighted by Crippen LogP contribution is -2.50. The van der Waals surface area contributed by atoms with Gasteiger partial charge in [0.05, 0.1) is 23.5 Å². The fraction of sp³-hybridized carbons (Fsp3) is 0.471. The molecule has 11 heteroatoms. The van der Waals surface area contributed by atoms with Crippen LogP contribution in [-0.4, -0.2) is 58.3 Å². The highest BCUT2D eigenvalue weighted by molar-refractivity contribution is 6.01. The number of aromatic nitrogens is 7. The molecule has 0 spiro atoms. The molecule has 11 nitrogen and oxygen atoms in total. The standard InChI is InChI=1S/C17H20N8O3/c1-10(7-23-8-18-20-22-23)25-16(27)11-6-14-12(5-13(11)19-21-25)15(26)24(9-28-14)17(2,3)4/h5-6,8,10H,7,9H2,1-4H3/t10-/m1/s1. The molecule has 1 atom stereocenters. The molecule has 0 radical (unpaired) electrons. The number of hydrogen-bond acceptors (Lipinski definition) is 8. The zero-order chi connectivity index (χ0) is 20.1. The summed E-state index contributed by atoms with van der Waals surface area (Å²) < 4.78 is 8.55. The summed E-state index contributed by atoms with van der Waals surface area (Å²) in [6.45, 7) is 8.13. The number of ether oxygens (including phenoxy) is 1. The van der Waals surface area contributed by atoms with Crippen LogP contribution in [0.3, 0.4) is 0 Å². The molecule has 1 amide bonds. The molecular weight excluding hydrogens is 364 g/mol. The van der Waals surface area contributed by atoms with Crippen molar-refractivity contribution in [3.05, 3.63) is 34.4 Å². The van der Waals surface area contributed by atoms with Gasteiger partial charge < -0.3 is 9.64 Å². The number of rotatable bonds is 3. The van der Waals surface area contributed by atoms with Gasteiger partial charge >= 0.3 is 0 Å². The van der Waals surface area contributed by atoms with Crippen LogP contribution in [0.2, 0.25) is 0 Å². The van der Waals surface area contributed by atoms with E-state index >= 15 is 0 Å². The minimum absolute atomic E-state index is 0.128. The molecule has 28 heavy (non-hydrogen) atoms. The largest absolute Gasteiger partial charge is 0.472 e. The second kappa shape index (κ2) is 6.36. The van der Waals surface area contributed by atoms with Crippen LogP contribution in [0.5, 0.6) is 5.75 Å². The van der Waals surface area contributed by atoms with Gasteiger partial charge in [-0.3, -0.25) is 9.59 Å². The normalized spacial score (nSPS) is 15.4. The Labute approximate surface area is 159 Å². The maximum Gasteiger partial charge on any atom is 0.278 e. The van der Waals surface area contributed by atoms with Crippen molar-refractivity contribution in [2.24, 2.45) is 0 Å². The maximum absolute atomic E-state index is 12.9. The fourth-order valence-electron chi connectivity index (χ4n) is 3.11. The summed E-state index contributed by atoms with van der Waals surface area (Å²) in [5, 5.41) is 19.5. The van der Waals surface area contributed by atoms with Gasteiger partial charge in [0.15, 0.2) is 6.73 Å². The first-order valence-electron chi connectivity index (χ1n) is 8.84. The number of tetrazole rings is 1. The Morgan fingerprint density at radius 1 is 1.21 bits per heavy atom. The lowest BCUT2D eigenvalue weighted by Gasteiger charge is -2.38. The van der Waals surface area contributed by atoms with Gasteiger partial charge in [0, 0.05) is 5.54 Å². The monoisotopic (exact) mass is 384 g/mol. The predicted octanol–water partition coefficient (Wildman–Crippen LogP) is 0.630. The molecule has 0 bridgehead atoms. The van der Waals surface area contributed by atoms with E-state index in [9.17, 15) is 9.59 Å². The first-order chi connectivity index (χ1) is 13.3. The van der Waals surface area contributed by atoms with E-state index in [0.29, 0.717) is 28.8 Å². The second-order valence-electron chi connectivity index (χ2n) is 7.76. The van der Waals surface area contributed by atoms with Gasteiger partial charge in [-0.1, -0.05) is 5.21 Å². The van der Waals surface area contributed by atoms with Crippen LogP contribution >= 0.6 is 0 Å². The summed E-state index contributed by atoms with van der Waals surface area (Å²) in [6.07, 6.45) is 1.47. The smallest absolute Gasteiger partial charge is 0.278 e. The van der Waals surface area contributed by atoms with Crippen molar-refractivity contribution < 1.29 is 9.53 Å². The summed E-state index contributed by atoms with van der Waals surface area (Å²) >= 11 is 0. The van der Waals surface area contributed by atoms with Crippen LogP contribution < -0.4 is 10.3 Å². The Balaban J connectivity index is 1.74. The molecule has 1 aromatic carbocycles. The van der Waals surface area contributed by atoms with Crippen LogP contribution in [0, 0.1) is 0 Å². The van der Waals surface area contributed by atoms with Crippen molar-refractivity contribution in [1.29, 1.82) is 0 Å². The summed E-state index contributed by atoms with van der Waals surface area (Å²) in [7, 11) is 0. The summed E-state index contributed by atoms with van der Waals surface area (Å²) in [4.78, 5) is 27.4. The van der Waals surface area contributed by atoms with E-state index in [4.69, 9.17) is 4.74 Å². The lowest BCUT2D eigenvalue weighted by molar-refractivity contribution is 0.0232. The third kappa shape index (κ3) is 2.98. The van der Waals surface area contributed by atoms with E-state index in [1.54, 1.807) is 17.0 Å². The molecule has 0 saturated carbocycles. The van der Waals surface area contributed by atoms with Gasteiger partial charge in [0.2, 0.25) is 0 Å². The Kier molecular flexibility index (Phi) is 4.09. The van der Waals surface area contributed by atoms with Crippen molar-refractivity contribution in [2.45, 2.75) is 45.8 Å². The van der Waals surface area contributed by atoms with Gasteiger partial charge in [-0.25, -0.2) is 9.36 Å². The zero-order valence-electron chi connectivity index (χ0n) is 16.0. The van der Waals surface area contributed by atoms with Gasteiger partial charge in [-0.15, -0.1) is 10.2 Å². The van der Waals surface area contributed by atoms with Crippen molar-refractivity contribution in [3.63, 3.8) is 0 Å². The molecule has 0 unspecified atom stereocenters. The lowest BCUT2D eigenvalue weighted by atomic mass is 10.0. The highest BCUT2D eigenvalue weighted by Gasteiger charge is 2.34. The van der Waals surface area contributed by atoms with Crippen LogP contribution in [0.25, 0.3) is 10.9 Å². The van der Waals surface area contributed by atoms with Gasteiger partial charge in [-0.2, -0.15) is 0 Å². The quantitative estimate of drug-likeness (QED) is 0.645. The third-order valence-electron chi connectivity index (χ3n) is 4.68. The Hall–Kier alpha value is -3.37. The predicted molar refractivity (Wildman–Crippen MR) is 97.7 cm³/mol. The van der Waals surface area contributed by atoms with Crippen LogP contribution in [0.4, 0.5) is 0 Å². The number of amides is 1. The van der Waals surface area contributed by atoms with E-state index < -0.39 is 0 Å². The molecule has 0 fully saturated rings. The van der Waals surface area contributed by atoms with Gasteiger partial charge in [0.1, 0.15) is 17.6 Å². The molecule has 2 aromatic heterocycles. The van der Waals surface area contributed by atoms with Crippen LogP contribution in [0.15, 0.2) is 23.3 Å². The number of fused-ring (bicyclic) bond motifs is 2. The van der Waals surface area contributed by atoms with Crippen molar-refractivity contribution in [1.82, 2.24) is 40.1 Å². The molecule has 1 aliphatic heterocycles. The second-order valence-corrected chi connectivity index (χ2v) is 7.76. The van der Waals surface area contributed by atoms with Crippen molar-refractivity contribution in [3.8, 4) is 5.75 Å². The molecular formula is C17H20N8O3. The molecule has 4 rings (SSSR count). The van der Waals surface area contributed by atoms with Crippen molar-refractivity contribution in [2.75, 3.05) is 6.73 Å². The first kappa shape index (κ1) is 18.0. The molecule has 0 saturated heterocycles. The van der Waals surface area contributed by atoms with Crippen LogP contribution in [0.1, 0.15) is 44.1 Å². The Morgan fingerprint density at radius 3 is 2.68 bits per heavy atom. The molecule has 3 aromatic rings. The SMILES string of the molecule is C[C@H](Cn1cnnn1)n1nnc2cc3c(cc2c1=O)OCN(C(C)(C)C)C3=O. The van der Waals surface area contributed by atoms with E-state index in [1.807, 2.05) is 27.7 Å². The van der Waals surface area contributed by atoms with E-state index in [2.05, 4.69) is 25.8 Å². The Bertz CT molecular complexity index is 1100.